The van der Waals surface area contributed by atoms with Crippen molar-refractivity contribution in [1.29, 1.82) is 0 Å². The fraction of sp³-hybridized carbons (Fsp3) is 0.480. The number of ether oxygens (including phenoxy) is 1. The van der Waals surface area contributed by atoms with Crippen molar-refractivity contribution >= 4 is 5.97 Å². The number of rotatable bonds is 9. The maximum atomic E-state index is 10.2. The second-order valence-electron chi connectivity index (χ2n) is 8.20. The molecule has 0 aromatic heterocycles. The summed E-state index contributed by atoms with van der Waals surface area (Å²) in [5, 5.41) is 30.5. The Balaban J connectivity index is 0.000000262. The molecule has 1 fully saturated rings. The Bertz CT molecular complexity index is 774. The second-order valence-corrected chi connectivity index (χ2v) is 8.20. The Hall–Kier alpha value is -2.41. The van der Waals surface area contributed by atoms with Crippen molar-refractivity contribution < 1.29 is 24.9 Å². The van der Waals surface area contributed by atoms with Gasteiger partial charge in [-0.05, 0) is 36.0 Å². The van der Waals surface area contributed by atoms with E-state index in [1.54, 1.807) is 30.3 Å². The van der Waals surface area contributed by atoms with E-state index in [1.807, 2.05) is 12.1 Å². The van der Waals surface area contributed by atoms with E-state index in [1.165, 1.54) is 31.2 Å². The first kappa shape index (κ1) is 24.9. The lowest BCUT2D eigenvalue weighted by molar-refractivity contribution is -0.146. The fourth-order valence-corrected chi connectivity index (χ4v) is 3.58. The van der Waals surface area contributed by atoms with Crippen LogP contribution in [0.25, 0.3) is 0 Å². The molecule has 0 heterocycles. The van der Waals surface area contributed by atoms with Gasteiger partial charge in [-0.15, -0.1) is 0 Å². The molecule has 2 atom stereocenters. The topological polar surface area (TPSA) is 99.0 Å². The molecule has 1 aliphatic rings. The number of hydrogen-bond acceptors (Lipinski definition) is 5. The van der Waals surface area contributed by atoms with Gasteiger partial charge in [0.25, 0.3) is 0 Å². The Morgan fingerprint density at radius 1 is 1.03 bits per heavy atom. The van der Waals surface area contributed by atoms with Crippen molar-refractivity contribution in [2.45, 2.75) is 63.7 Å². The zero-order valence-corrected chi connectivity index (χ0v) is 18.4. The molecule has 0 aliphatic heterocycles. The van der Waals surface area contributed by atoms with Crippen molar-refractivity contribution in [3.63, 3.8) is 0 Å². The lowest BCUT2D eigenvalue weighted by Gasteiger charge is -2.19. The first-order valence-corrected chi connectivity index (χ1v) is 11.0. The molecule has 0 amide bonds. The van der Waals surface area contributed by atoms with Gasteiger partial charge in [0.1, 0.15) is 18.5 Å². The number of nitrogens with one attached hydrogen (secondary N) is 1. The third kappa shape index (κ3) is 8.69. The Kier molecular flexibility index (Phi) is 10.5. The lowest BCUT2D eigenvalue weighted by atomic mass is 9.97. The average Bonchev–Trinajstić information content (AvgIpc) is 3.31. The number of aliphatic hydroxyl groups excluding tert-OH is 2. The Morgan fingerprint density at radius 3 is 2.26 bits per heavy atom. The number of aliphatic hydroxyl groups is 2. The van der Waals surface area contributed by atoms with Gasteiger partial charge in [0.15, 0.2) is 6.10 Å². The molecule has 1 aliphatic carbocycles. The van der Waals surface area contributed by atoms with E-state index >= 15 is 0 Å². The smallest absolute Gasteiger partial charge is 0.337 e. The third-order valence-corrected chi connectivity index (χ3v) is 5.26. The van der Waals surface area contributed by atoms with Gasteiger partial charge in [0.2, 0.25) is 0 Å². The molecule has 3 rings (SSSR count). The van der Waals surface area contributed by atoms with E-state index < -0.39 is 18.2 Å². The van der Waals surface area contributed by atoms with Crippen LogP contribution >= 0.6 is 0 Å². The number of hydrogen-bond donors (Lipinski definition) is 4. The van der Waals surface area contributed by atoms with E-state index in [9.17, 15) is 9.90 Å². The van der Waals surface area contributed by atoms with Crippen LogP contribution in [0.4, 0.5) is 0 Å². The SMILES string of the molecule is CC(C)NCC(O)COc1ccccc1C1CCCC1.O=C(O)[C@H](O)c1ccccc1. The minimum absolute atomic E-state index is 0.351. The van der Waals surface area contributed by atoms with Crippen LogP contribution in [0.1, 0.15) is 62.7 Å². The van der Waals surface area contributed by atoms with Crippen LogP contribution in [0.5, 0.6) is 5.75 Å². The van der Waals surface area contributed by atoms with Crippen LogP contribution in [-0.2, 0) is 4.79 Å². The summed E-state index contributed by atoms with van der Waals surface area (Å²) >= 11 is 0. The van der Waals surface area contributed by atoms with Gasteiger partial charge in [-0.3, -0.25) is 0 Å². The molecule has 2 aromatic carbocycles. The number of para-hydroxylation sites is 1. The molecule has 4 N–H and O–H groups in total. The molecule has 0 radical (unpaired) electrons. The number of benzene rings is 2. The highest BCUT2D eigenvalue weighted by Crippen LogP contribution is 2.38. The summed E-state index contributed by atoms with van der Waals surface area (Å²) in [4.78, 5) is 10.2. The first-order chi connectivity index (χ1) is 14.9. The summed E-state index contributed by atoms with van der Waals surface area (Å²) in [5.74, 6) is 0.358. The zero-order chi connectivity index (χ0) is 22.6. The number of aliphatic carboxylic acids is 1. The molecule has 6 heteroatoms. The highest BCUT2D eigenvalue weighted by molar-refractivity contribution is 5.73. The van der Waals surface area contributed by atoms with E-state index in [2.05, 4.69) is 31.3 Å². The molecule has 31 heavy (non-hydrogen) atoms. The molecule has 0 spiro atoms. The quantitative estimate of drug-likeness (QED) is 0.483. The van der Waals surface area contributed by atoms with E-state index in [0.717, 1.165) is 5.75 Å². The van der Waals surface area contributed by atoms with Crippen molar-refractivity contribution in [1.82, 2.24) is 5.32 Å². The normalized spacial score (nSPS) is 15.8. The third-order valence-electron chi connectivity index (χ3n) is 5.26. The molecule has 170 valence electrons. The predicted molar refractivity (Wildman–Crippen MR) is 121 cm³/mol. The van der Waals surface area contributed by atoms with E-state index in [-0.39, 0.29) is 0 Å². The fourth-order valence-electron chi connectivity index (χ4n) is 3.58. The van der Waals surface area contributed by atoms with Crippen molar-refractivity contribution in [3.05, 3.63) is 65.7 Å². The largest absolute Gasteiger partial charge is 0.491 e. The molecule has 0 bridgehead atoms. The summed E-state index contributed by atoms with van der Waals surface area (Å²) in [7, 11) is 0. The minimum Gasteiger partial charge on any atom is -0.491 e. The van der Waals surface area contributed by atoms with Crippen LogP contribution in [0.15, 0.2) is 54.6 Å². The molecular formula is C25H35NO5. The van der Waals surface area contributed by atoms with Crippen LogP contribution in [0.2, 0.25) is 0 Å². The Labute approximate surface area is 184 Å². The van der Waals surface area contributed by atoms with Crippen LogP contribution < -0.4 is 10.1 Å². The highest BCUT2D eigenvalue weighted by Gasteiger charge is 2.20. The van der Waals surface area contributed by atoms with Crippen LogP contribution in [0, 0.1) is 0 Å². The van der Waals surface area contributed by atoms with Gasteiger partial charge in [0, 0.05) is 12.6 Å². The maximum absolute atomic E-state index is 10.2. The molecule has 6 nitrogen and oxygen atoms in total. The Morgan fingerprint density at radius 2 is 1.65 bits per heavy atom. The summed E-state index contributed by atoms with van der Waals surface area (Å²) in [6.07, 6.45) is 3.29. The maximum Gasteiger partial charge on any atom is 0.337 e. The van der Waals surface area contributed by atoms with Gasteiger partial charge in [0.05, 0.1) is 0 Å². The number of carboxylic acids is 1. The predicted octanol–water partition coefficient (Wildman–Crippen LogP) is 3.89. The summed E-state index contributed by atoms with van der Waals surface area (Å²) < 4.78 is 5.85. The van der Waals surface area contributed by atoms with Gasteiger partial charge in [-0.25, -0.2) is 4.79 Å². The highest BCUT2D eigenvalue weighted by atomic mass is 16.5. The molecule has 1 saturated carbocycles. The van der Waals surface area contributed by atoms with E-state index in [4.69, 9.17) is 14.9 Å². The van der Waals surface area contributed by atoms with E-state index in [0.29, 0.717) is 30.7 Å². The van der Waals surface area contributed by atoms with Crippen LogP contribution in [-0.4, -0.2) is 46.6 Å². The van der Waals surface area contributed by atoms with Crippen molar-refractivity contribution in [2.75, 3.05) is 13.2 Å². The van der Waals surface area contributed by atoms with Gasteiger partial charge in [-0.1, -0.05) is 75.2 Å². The standard InChI is InChI=1S/C17H27NO2.C8H8O3/c1-13(2)18-11-15(19)12-20-17-10-6-5-9-16(17)14-7-3-4-8-14;9-7(8(10)11)6-4-2-1-3-5-6/h5-6,9-10,13-15,18-19H,3-4,7-8,11-12H2,1-2H3;1-5,7,9H,(H,10,11)/t;7-/m.1/s1. The second kappa shape index (κ2) is 13.1. The van der Waals surface area contributed by atoms with Gasteiger partial charge < -0.3 is 25.4 Å². The first-order valence-electron chi connectivity index (χ1n) is 11.0. The lowest BCUT2D eigenvalue weighted by Crippen LogP contribution is -2.35. The average molecular weight is 430 g/mol. The molecule has 0 saturated heterocycles. The van der Waals surface area contributed by atoms with Gasteiger partial charge >= 0.3 is 5.97 Å². The zero-order valence-electron chi connectivity index (χ0n) is 18.4. The molecular weight excluding hydrogens is 394 g/mol. The summed E-state index contributed by atoms with van der Waals surface area (Å²) in [6, 6.07) is 16.9. The molecule has 2 aromatic rings. The minimum atomic E-state index is -1.41. The van der Waals surface area contributed by atoms with Crippen LogP contribution in [0.3, 0.4) is 0 Å². The van der Waals surface area contributed by atoms with Crippen molar-refractivity contribution in [2.24, 2.45) is 0 Å². The summed E-state index contributed by atoms with van der Waals surface area (Å²) in [5.41, 5.74) is 1.72. The monoisotopic (exact) mass is 429 g/mol. The number of carboxylic acid groups (broad SMARTS) is 1. The number of carbonyl (C=O) groups is 1. The summed E-state index contributed by atoms with van der Waals surface area (Å²) in [6.45, 7) is 5.07. The molecule has 1 unspecified atom stereocenters. The van der Waals surface area contributed by atoms with Crippen molar-refractivity contribution in [3.8, 4) is 5.75 Å². The van der Waals surface area contributed by atoms with Gasteiger partial charge in [-0.2, -0.15) is 0 Å².